The molecular formula is C26H29FO. The second-order valence-corrected chi connectivity index (χ2v) is 7.25. The van der Waals surface area contributed by atoms with Crippen molar-refractivity contribution in [3.63, 3.8) is 0 Å². The van der Waals surface area contributed by atoms with Gasteiger partial charge in [0, 0.05) is 5.56 Å². The molecule has 0 spiro atoms. The van der Waals surface area contributed by atoms with E-state index in [2.05, 4.69) is 38.1 Å². The lowest BCUT2D eigenvalue weighted by Gasteiger charge is -2.09. The standard InChI is InChI=1S/C26H29FO/c1-3-5-20-6-8-21(9-7-20)10-11-22-12-17-25(26(27)19-22)23-13-15-24(16-14-23)28-18-4-2/h6-9,12-17,19H,3-5,10-11,18H2,1-2H3. The van der Waals surface area contributed by atoms with Crippen molar-refractivity contribution in [2.45, 2.75) is 46.0 Å². The summed E-state index contributed by atoms with van der Waals surface area (Å²) in [6.07, 6.45) is 5.03. The molecule has 0 atom stereocenters. The topological polar surface area (TPSA) is 9.23 Å². The highest BCUT2D eigenvalue weighted by molar-refractivity contribution is 5.65. The Hall–Kier alpha value is -2.61. The Labute approximate surface area is 168 Å². The first-order valence-corrected chi connectivity index (χ1v) is 10.3. The molecule has 0 amide bonds. The number of benzene rings is 3. The molecule has 0 N–H and O–H groups in total. The molecule has 0 unspecified atom stereocenters. The van der Waals surface area contributed by atoms with Gasteiger partial charge in [0.1, 0.15) is 11.6 Å². The Kier molecular flexibility index (Phi) is 7.25. The molecule has 0 aliphatic carbocycles. The molecular weight excluding hydrogens is 347 g/mol. The molecule has 0 saturated carbocycles. The third-order valence-electron chi connectivity index (χ3n) is 4.94. The Morgan fingerprint density at radius 2 is 1.29 bits per heavy atom. The van der Waals surface area contributed by atoms with E-state index in [0.717, 1.165) is 42.6 Å². The van der Waals surface area contributed by atoms with Crippen LogP contribution in [0.5, 0.6) is 5.75 Å². The summed E-state index contributed by atoms with van der Waals surface area (Å²) in [5.41, 5.74) is 5.22. The van der Waals surface area contributed by atoms with Crippen LogP contribution in [0.4, 0.5) is 4.39 Å². The number of hydrogen-bond acceptors (Lipinski definition) is 1. The summed E-state index contributed by atoms with van der Waals surface area (Å²) < 4.78 is 20.3. The SMILES string of the molecule is CCCOc1ccc(-c2ccc(CCc3ccc(CCC)cc3)cc2F)cc1. The summed E-state index contributed by atoms with van der Waals surface area (Å²) in [5.74, 6) is 0.658. The van der Waals surface area contributed by atoms with E-state index in [9.17, 15) is 4.39 Å². The van der Waals surface area contributed by atoms with Crippen LogP contribution in [0.25, 0.3) is 11.1 Å². The fourth-order valence-corrected chi connectivity index (χ4v) is 3.35. The first-order valence-electron chi connectivity index (χ1n) is 10.3. The largest absolute Gasteiger partial charge is 0.494 e. The van der Waals surface area contributed by atoms with Gasteiger partial charge in [0.2, 0.25) is 0 Å². The van der Waals surface area contributed by atoms with Gasteiger partial charge < -0.3 is 4.74 Å². The zero-order valence-electron chi connectivity index (χ0n) is 16.9. The molecule has 0 aliphatic heterocycles. The molecule has 146 valence electrons. The van der Waals surface area contributed by atoms with E-state index in [0.29, 0.717) is 12.2 Å². The fourth-order valence-electron chi connectivity index (χ4n) is 3.35. The minimum Gasteiger partial charge on any atom is -0.494 e. The Morgan fingerprint density at radius 3 is 1.89 bits per heavy atom. The molecule has 0 saturated heterocycles. The minimum atomic E-state index is -0.168. The maximum atomic E-state index is 14.7. The molecule has 0 radical (unpaired) electrons. The first kappa shape index (κ1) is 20.1. The van der Waals surface area contributed by atoms with Crippen LogP contribution >= 0.6 is 0 Å². The Balaban J connectivity index is 1.63. The molecule has 3 rings (SSSR count). The third kappa shape index (κ3) is 5.45. The van der Waals surface area contributed by atoms with Gasteiger partial charge >= 0.3 is 0 Å². The van der Waals surface area contributed by atoms with Gasteiger partial charge in [-0.2, -0.15) is 0 Å². The van der Waals surface area contributed by atoms with Crippen LogP contribution in [0.3, 0.4) is 0 Å². The summed E-state index contributed by atoms with van der Waals surface area (Å²) in [4.78, 5) is 0. The number of hydrogen-bond donors (Lipinski definition) is 0. The van der Waals surface area contributed by atoms with Gasteiger partial charge in [-0.15, -0.1) is 0 Å². The second-order valence-electron chi connectivity index (χ2n) is 7.25. The van der Waals surface area contributed by atoms with Crippen molar-refractivity contribution in [1.29, 1.82) is 0 Å². The van der Waals surface area contributed by atoms with Gasteiger partial charge in [0.15, 0.2) is 0 Å². The van der Waals surface area contributed by atoms with Gasteiger partial charge in [0.05, 0.1) is 6.61 Å². The molecule has 0 aromatic heterocycles. The van der Waals surface area contributed by atoms with E-state index >= 15 is 0 Å². The van der Waals surface area contributed by atoms with Crippen LogP contribution in [0, 0.1) is 5.82 Å². The van der Waals surface area contributed by atoms with E-state index in [4.69, 9.17) is 4.74 Å². The molecule has 2 heteroatoms. The number of halogens is 1. The van der Waals surface area contributed by atoms with Crippen molar-refractivity contribution in [1.82, 2.24) is 0 Å². The average Bonchev–Trinajstić information content (AvgIpc) is 2.72. The summed E-state index contributed by atoms with van der Waals surface area (Å²) >= 11 is 0. The molecule has 3 aromatic rings. The molecule has 1 nitrogen and oxygen atoms in total. The van der Waals surface area contributed by atoms with Crippen LogP contribution in [-0.2, 0) is 19.3 Å². The van der Waals surface area contributed by atoms with E-state index in [1.54, 1.807) is 6.07 Å². The molecule has 0 bridgehead atoms. The van der Waals surface area contributed by atoms with Crippen LogP contribution in [0.1, 0.15) is 43.4 Å². The first-order chi connectivity index (χ1) is 13.7. The maximum Gasteiger partial charge on any atom is 0.131 e. The highest BCUT2D eigenvalue weighted by Gasteiger charge is 2.07. The van der Waals surface area contributed by atoms with E-state index < -0.39 is 0 Å². The van der Waals surface area contributed by atoms with Gasteiger partial charge in [-0.3, -0.25) is 0 Å². The van der Waals surface area contributed by atoms with Crippen molar-refractivity contribution in [2.24, 2.45) is 0 Å². The van der Waals surface area contributed by atoms with E-state index in [-0.39, 0.29) is 5.82 Å². The normalized spacial score (nSPS) is 10.8. The van der Waals surface area contributed by atoms with E-state index in [1.807, 2.05) is 36.4 Å². The predicted octanol–water partition coefficient (Wildman–Crippen LogP) is 7.02. The lowest BCUT2D eigenvalue weighted by Crippen LogP contribution is -1.95. The van der Waals surface area contributed by atoms with Crippen molar-refractivity contribution < 1.29 is 9.13 Å². The van der Waals surface area contributed by atoms with Crippen molar-refractivity contribution in [3.05, 3.63) is 89.2 Å². The maximum absolute atomic E-state index is 14.7. The summed E-state index contributed by atoms with van der Waals surface area (Å²) in [7, 11) is 0. The predicted molar refractivity (Wildman–Crippen MR) is 115 cm³/mol. The Morgan fingerprint density at radius 1 is 0.679 bits per heavy atom. The zero-order valence-corrected chi connectivity index (χ0v) is 16.9. The molecule has 0 fully saturated rings. The quantitative estimate of drug-likeness (QED) is 0.390. The van der Waals surface area contributed by atoms with Gasteiger partial charge in [0.25, 0.3) is 0 Å². The number of aryl methyl sites for hydroxylation is 3. The zero-order chi connectivity index (χ0) is 19.8. The average molecular weight is 377 g/mol. The summed E-state index contributed by atoms with van der Waals surface area (Å²) in [6, 6.07) is 22.0. The number of ether oxygens (including phenoxy) is 1. The van der Waals surface area contributed by atoms with Gasteiger partial charge in [-0.1, -0.05) is 68.8 Å². The molecule has 28 heavy (non-hydrogen) atoms. The van der Waals surface area contributed by atoms with Gasteiger partial charge in [-0.25, -0.2) is 4.39 Å². The Bertz CT molecular complexity index is 866. The number of rotatable bonds is 9. The van der Waals surface area contributed by atoms with Crippen molar-refractivity contribution >= 4 is 0 Å². The lowest BCUT2D eigenvalue weighted by molar-refractivity contribution is 0.317. The van der Waals surface area contributed by atoms with Crippen molar-refractivity contribution in [2.75, 3.05) is 6.61 Å². The van der Waals surface area contributed by atoms with Crippen LogP contribution in [-0.4, -0.2) is 6.61 Å². The fraction of sp³-hybridized carbons (Fsp3) is 0.308. The molecule has 0 heterocycles. The summed E-state index contributed by atoms with van der Waals surface area (Å²) in [5, 5.41) is 0. The van der Waals surface area contributed by atoms with Crippen LogP contribution < -0.4 is 4.74 Å². The van der Waals surface area contributed by atoms with Crippen molar-refractivity contribution in [3.8, 4) is 16.9 Å². The molecule has 0 aliphatic rings. The monoisotopic (exact) mass is 376 g/mol. The minimum absolute atomic E-state index is 0.168. The van der Waals surface area contributed by atoms with Crippen LogP contribution in [0.2, 0.25) is 0 Å². The second kappa shape index (κ2) is 10.1. The summed E-state index contributed by atoms with van der Waals surface area (Å²) in [6.45, 7) is 4.97. The smallest absolute Gasteiger partial charge is 0.131 e. The highest BCUT2D eigenvalue weighted by atomic mass is 19.1. The third-order valence-corrected chi connectivity index (χ3v) is 4.94. The molecule has 3 aromatic carbocycles. The lowest BCUT2D eigenvalue weighted by atomic mass is 9.99. The van der Waals surface area contributed by atoms with E-state index in [1.165, 1.54) is 17.5 Å². The van der Waals surface area contributed by atoms with Gasteiger partial charge in [-0.05, 0) is 66.1 Å². The highest BCUT2D eigenvalue weighted by Crippen LogP contribution is 2.26. The van der Waals surface area contributed by atoms with Crippen LogP contribution in [0.15, 0.2) is 66.7 Å².